The summed E-state index contributed by atoms with van der Waals surface area (Å²) >= 11 is 0. The number of primary sulfonamides is 1. The minimum Gasteiger partial charge on any atom is -0.474 e. The number of fused-ring (bicyclic) bond motifs is 2. The molecular weight excluding hydrogens is 1080 g/mol. The van der Waals surface area contributed by atoms with Gasteiger partial charge >= 0.3 is 6.03 Å². The zero-order valence-electron chi connectivity index (χ0n) is 48.4. The highest BCUT2D eigenvalue weighted by Crippen LogP contribution is 2.43. The average molecular weight is 1160 g/mol. The van der Waals surface area contributed by atoms with Crippen LogP contribution in [-0.2, 0) is 63.6 Å². The normalized spacial score (nSPS) is 15.9. The van der Waals surface area contributed by atoms with E-state index in [9.17, 15) is 26.4 Å². The summed E-state index contributed by atoms with van der Waals surface area (Å²) in [4.78, 5) is 45.8. The number of ether oxygens (including phenoxy) is 2. The zero-order chi connectivity index (χ0) is 58.7. The number of amides is 2. The number of isocyanates is 1. The molecule has 0 bridgehead atoms. The molecule has 24 heteroatoms. The predicted octanol–water partition coefficient (Wildman–Crippen LogP) is 6.37. The molecule has 10 rings (SSSR count). The molecule has 2 fully saturated rings. The van der Waals surface area contributed by atoms with Crippen molar-refractivity contribution in [3.63, 3.8) is 0 Å². The Balaban J connectivity index is 0.000000183. The number of urea groups is 1. The molecule has 0 atom stereocenters. The number of nitrogens with zero attached hydrogens (tertiary/aromatic N) is 11. The summed E-state index contributed by atoms with van der Waals surface area (Å²) in [5.41, 5.74) is 11.9. The number of rotatable bonds is 17. The summed E-state index contributed by atoms with van der Waals surface area (Å²) in [6.07, 6.45) is 18.5. The Labute approximate surface area is 482 Å². The van der Waals surface area contributed by atoms with Gasteiger partial charge in [-0.05, 0) is 189 Å². The molecule has 0 radical (unpaired) electrons. The quantitative estimate of drug-likeness (QED) is 0.0663. The molecule has 2 aromatic carbocycles. The van der Waals surface area contributed by atoms with Crippen LogP contribution in [0.15, 0.2) is 88.4 Å². The van der Waals surface area contributed by atoms with Gasteiger partial charge in [0.15, 0.2) is 10.1 Å². The average Bonchev–Trinajstić information content (AvgIpc) is 4.43. The number of likely N-dealkylation sites (N-methyl/N-ethyl adjacent to an activating group) is 2. The third kappa shape index (κ3) is 16.2. The van der Waals surface area contributed by atoms with Crippen molar-refractivity contribution in [3.05, 3.63) is 107 Å². The van der Waals surface area contributed by atoms with Gasteiger partial charge in [-0.15, -0.1) is 0 Å². The lowest BCUT2D eigenvalue weighted by Gasteiger charge is -2.29. The van der Waals surface area contributed by atoms with Crippen LogP contribution >= 0.6 is 0 Å². The van der Waals surface area contributed by atoms with Crippen molar-refractivity contribution in [2.24, 2.45) is 10.1 Å². The van der Waals surface area contributed by atoms with Crippen LogP contribution < -0.4 is 24.7 Å². The number of carbonyl (C=O) groups is 1. The second kappa shape index (κ2) is 27.5. The van der Waals surface area contributed by atoms with Crippen LogP contribution in [0.5, 0.6) is 11.8 Å². The molecule has 6 heterocycles. The lowest BCUT2D eigenvalue weighted by molar-refractivity contribution is 0.110. The lowest BCUT2D eigenvalue weighted by atomic mass is 9.93. The van der Waals surface area contributed by atoms with Crippen LogP contribution in [0, 0.1) is 13.8 Å². The molecule has 0 spiro atoms. The van der Waals surface area contributed by atoms with E-state index in [1.54, 1.807) is 40.2 Å². The summed E-state index contributed by atoms with van der Waals surface area (Å²) in [5, 5.41) is 15.5. The summed E-state index contributed by atoms with van der Waals surface area (Å²) in [6, 6.07) is 14.1. The Hall–Kier alpha value is -6.89. The van der Waals surface area contributed by atoms with Gasteiger partial charge in [0.2, 0.25) is 17.8 Å². The first kappa shape index (κ1) is 61.2. The largest absolute Gasteiger partial charge is 0.474 e. The van der Waals surface area contributed by atoms with Crippen molar-refractivity contribution in [1.82, 2.24) is 53.9 Å². The number of hydrogen-bond donors (Lipinski definition) is 3. The number of aromatic nitrogens is 6. The molecular formula is C58H78N14O8S2. The number of pyridine rings is 2. The fraction of sp³-hybridized carbons (Fsp3) is 0.483. The summed E-state index contributed by atoms with van der Waals surface area (Å²) < 4.78 is 65.4. The number of nitrogens with one attached hydrogen (secondary N) is 2. The summed E-state index contributed by atoms with van der Waals surface area (Å²) in [6.45, 7) is 10.8. The van der Waals surface area contributed by atoms with Gasteiger partial charge in [-0.1, -0.05) is 12.1 Å². The highest BCUT2D eigenvalue weighted by molar-refractivity contribution is 7.90. The van der Waals surface area contributed by atoms with Crippen LogP contribution in [0.3, 0.4) is 0 Å². The topological polar surface area (TPSA) is 258 Å². The number of carbonyl (C=O) groups excluding carboxylic acids is 2. The van der Waals surface area contributed by atoms with E-state index >= 15 is 0 Å². The molecule has 22 nitrogen and oxygen atoms in total. The van der Waals surface area contributed by atoms with Gasteiger partial charge in [0.1, 0.15) is 12.2 Å². The first-order chi connectivity index (χ1) is 39.1. The fourth-order valence-corrected chi connectivity index (χ4v) is 12.1. The smallest absolute Gasteiger partial charge is 0.333 e. The van der Waals surface area contributed by atoms with Crippen LogP contribution in [0.4, 0.5) is 16.2 Å². The Morgan fingerprint density at radius 3 is 1.67 bits per heavy atom. The van der Waals surface area contributed by atoms with E-state index in [-0.39, 0.29) is 22.3 Å². The molecule has 2 aliphatic heterocycles. The van der Waals surface area contributed by atoms with Crippen LogP contribution in [-0.4, -0.2) is 172 Å². The van der Waals surface area contributed by atoms with E-state index < -0.39 is 26.1 Å². The van der Waals surface area contributed by atoms with Crippen LogP contribution in [0.2, 0.25) is 0 Å². The molecule has 2 aliphatic carbocycles. The van der Waals surface area contributed by atoms with Gasteiger partial charge in [-0.3, -0.25) is 9.36 Å². The Kier molecular flexibility index (Phi) is 20.5. The zero-order valence-corrected chi connectivity index (χ0v) is 50.0. The number of likely N-dealkylation sites (tertiary alicyclic amines) is 2. The minimum absolute atomic E-state index is 0.0868. The number of benzene rings is 2. The molecule has 6 aromatic rings. The van der Waals surface area contributed by atoms with Crippen LogP contribution in [0.1, 0.15) is 71.9 Å². The number of aliphatic imine (C=N–C) groups is 1. The van der Waals surface area contributed by atoms with Crippen molar-refractivity contribution < 1.29 is 35.9 Å². The number of piperidine rings is 2. The third-order valence-electron chi connectivity index (χ3n) is 15.1. The van der Waals surface area contributed by atoms with E-state index in [1.165, 1.54) is 28.8 Å². The molecule has 2 amide bonds. The molecule has 4 aromatic heterocycles. The van der Waals surface area contributed by atoms with Gasteiger partial charge < -0.3 is 34.4 Å². The molecule has 4 N–H and O–H groups in total. The van der Waals surface area contributed by atoms with Gasteiger partial charge in [-0.25, -0.2) is 37.8 Å². The predicted molar refractivity (Wildman–Crippen MR) is 315 cm³/mol. The summed E-state index contributed by atoms with van der Waals surface area (Å²) in [7, 11) is 4.15. The van der Waals surface area contributed by atoms with E-state index in [2.05, 4.69) is 78.1 Å². The highest BCUT2D eigenvalue weighted by Gasteiger charge is 2.28. The van der Waals surface area contributed by atoms with Gasteiger partial charge in [0, 0.05) is 87.3 Å². The number of sulfonamides is 2. The lowest BCUT2D eigenvalue weighted by Crippen LogP contribution is -2.35. The Morgan fingerprint density at radius 2 is 1.17 bits per heavy atom. The van der Waals surface area contributed by atoms with Crippen LogP contribution in [0.25, 0.3) is 22.3 Å². The highest BCUT2D eigenvalue weighted by atomic mass is 32.2. The Bertz CT molecular complexity index is 3470. The Morgan fingerprint density at radius 1 is 0.695 bits per heavy atom. The molecule has 82 heavy (non-hydrogen) atoms. The minimum atomic E-state index is -4.17. The first-order valence-electron chi connectivity index (χ1n) is 27.9. The van der Waals surface area contributed by atoms with Gasteiger partial charge in [0.05, 0.1) is 24.5 Å². The van der Waals surface area contributed by atoms with Gasteiger partial charge in [-0.2, -0.15) is 23.6 Å². The molecule has 4 aliphatic rings. The molecule has 0 saturated carbocycles. The maximum absolute atomic E-state index is 13.2. The molecule has 0 unspecified atom stereocenters. The van der Waals surface area contributed by atoms with E-state index in [1.807, 2.05) is 69.2 Å². The maximum atomic E-state index is 13.2. The van der Waals surface area contributed by atoms with E-state index in [0.29, 0.717) is 37.1 Å². The van der Waals surface area contributed by atoms with E-state index in [0.717, 1.165) is 142 Å². The number of nitrogens with two attached hydrogens (primary N) is 1. The maximum Gasteiger partial charge on any atom is 0.333 e. The first-order valence-corrected chi connectivity index (χ1v) is 30.9. The van der Waals surface area contributed by atoms with E-state index in [4.69, 9.17) is 14.6 Å². The van der Waals surface area contributed by atoms with Crippen molar-refractivity contribution in [1.29, 1.82) is 0 Å². The second-order valence-corrected chi connectivity index (χ2v) is 25.2. The molecule has 440 valence electrons. The fourth-order valence-electron chi connectivity index (χ4n) is 10.8. The number of anilines is 1. The van der Waals surface area contributed by atoms with Crippen molar-refractivity contribution >= 4 is 43.5 Å². The number of hydrogen-bond acceptors (Lipinski definition) is 17. The second-order valence-electron chi connectivity index (χ2n) is 22.1. The number of aryl methyl sites for hydroxylation is 4. The van der Waals surface area contributed by atoms with Crippen molar-refractivity contribution in [3.8, 4) is 34.0 Å². The molecule has 2 saturated heterocycles. The van der Waals surface area contributed by atoms with Gasteiger partial charge in [0.25, 0.3) is 20.0 Å². The van der Waals surface area contributed by atoms with Crippen molar-refractivity contribution in [2.75, 3.05) is 86.9 Å². The SMILES string of the molecule is CN(C)CCn1ccc(S(N)(=O)=O)n1.Cc1cc2c(c(N=C=O)c1-c1ccnc(OC3CCN(C)CC3)c1)CCC2.Cc1cc2c(c(NC(=O)NS(=O)(=O)c3ccn(CCN(C)C)n3)c1-c1ccnc(OC3CCN(C)CC3)c1)CCC2. The van der Waals surface area contributed by atoms with Crippen molar-refractivity contribution in [2.45, 2.75) is 113 Å². The third-order valence-corrected chi connectivity index (χ3v) is 17.1. The summed E-state index contributed by atoms with van der Waals surface area (Å²) in [5.74, 6) is 1.18. The standard InChI is InChI=1S/C29H39N7O4S.C22H25N3O2.C7H14N4O2S/c1-20-18-21-6-5-7-24(21)28(27(20)22-8-12-30-25(19-22)40-23-9-13-35(4)14-10-23)31-29(37)33-41(38,39)26-11-15-36(32-26)17-16-34(2)3;1-15-12-16-4-3-5-19(16)22(24-14-26)21(15)17-6-9-23-20(13-17)27-18-7-10-25(2)11-8-18;1-10(2)5-6-11-4-3-7(9-11)14(8,12)13/h8,11-12,15,18-19,23H,5-7,9-10,13-14,16-17H2,1-4H3,(H2,31,33,37);6,9,12-13,18H,3-5,7-8,10-11H2,1-2H3;3-4H,5-6H2,1-2H3,(H2,8,12,13). The monoisotopic (exact) mass is 1160 g/mol.